The number of carbonyl (C=O) groups is 1. The molecule has 8 heteroatoms. The molecule has 3 heterocycles. The van der Waals surface area contributed by atoms with Crippen LogP contribution in [-0.2, 0) is 11.3 Å². The largest absolute Gasteiger partial charge is 0.483 e. The van der Waals surface area contributed by atoms with Crippen LogP contribution >= 0.6 is 0 Å². The number of carbonyl (C=O) groups excluding carboxylic acids is 1. The normalized spacial score (nSPS) is 21.2. The van der Waals surface area contributed by atoms with Gasteiger partial charge in [0.2, 0.25) is 0 Å². The number of rotatable bonds is 6. The molecule has 1 amide bonds. The second-order valence-corrected chi connectivity index (χ2v) is 8.62. The molecule has 1 saturated carbocycles. The van der Waals surface area contributed by atoms with Crippen LogP contribution < -0.4 is 20.8 Å². The van der Waals surface area contributed by atoms with Crippen molar-refractivity contribution < 1.29 is 9.53 Å². The summed E-state index contributed by atoms with van der Waals surface area (Å²) in [6.07, 6.45) is 9.40. The summed E-state index contributed by atoms with van der Waals surface area (Å²) < 4.78 is 5.97. The molecule has 0 unspecified atom stereocenters. The van der Waals surface area contributed by atoms with Gasteiger partial charge >= 0.3 is 0 Å². The molecule has 1 saturated heterocycles. The molecule has 3 aliphatic heterocycles. The van der Waals surface area contributed by atoms with E-state index in [4.69, 9.17) is 4.74 Å². The van der Waals surface area contributed by atoms with Gasteiger partial charge in [-0.15, -0.1) is 0 Å². The Kier molecular flexibility index (Phi) is 5.88. The number of hydrogen-bond acceptors (Lipinski definition) is 7. The standard InChI is InChI=1S/C23H32N6O2/c30-23(28-11-9-24-10-12-28)16-31-22-8-4-1-5-18(22)14-27-15-21-20(25-17-27)13-26-29(21)19-6-2-3-7-19/h1,4-5,8,13,15,19,24-26H,2-3,6-7,9-12,14,16-17H2. The number of ether oxygens (including phenoxy) is 1. The minimum atomic E-state index is 0.0528. The highest BCUT2D eigenvalue weighted by Gasteiger charge is 2.31. The molecule has 166 valence electrons. The van der Waals surface area contributed by atoms with Gasteiger partial charge in [0, 0.05) is 50.7 Å². The molecule has 31 heavy (non-hydrogen) atoms. The SMILES string of the molecule is O=C(COc1ccccc1CN1C=C2C(=CNN2C2CCCC2)NC1)N1CCNCC1. The smallest absolute Gasteiger partial charge is 0.260 e. The van der Waals surface area contributed by atoms with Crippen LogP contribution in [0.5, 0.6) is 5.75 Å². The number of fused-ring (bicyclic) bond motifs is 1. The summed E-state index contributed by atoms with van der Waals surface area (Å²) in [5.74, 6) is 0.833. The van der Waals surface area contributed by atoms with Gasteiger partial charge in [-0.2, -0.15) is 0 Å². The molecule has 2 fully saturated rings. The zero-order valence-electron chi connectivity index (χ0n) is 18.0. The van der Waals surface area contributed by atoms with Gasteiger partial charge in [-0.25, -0.2) is 0 Å². The van der Waals surface area contributed by atoms with Crippen molar-refractivity contribution in [2.24, 2.45) is 0 Å². The van der Waals surface area contributed by atoms with Crippen LogP contribution in [0.4, 0.5) is 0 Å². The van der Waals surface area contributed by atoms with E-state index in [-0.39, 0.29) is 12.5 Å². The number of amides is 1. The van der Waals surface area contributed by atoms with Crippen LogP contribution in [0, 0.1) is 0 Å². The van der Waals surface area contributed by atoms with E-state index < -0.39 is 0 Å². The first-order valence-electron chi connectivity index (χ1n) is 11.4. The van der Waals surface area contributed by atoms with Gasteiger partial charge in [0.25, 0.3) is 5.91 Å². The van der Waals surface area contributed by atoms with Gasteiger partial charge in [-0.1, -0.05) is 31.0 Å². The van der Waals surface area contributed by atoms with E-state index in [0.29, 0.717) is 6.04 Å². The van der Waals surface area contributed by atoms with Crippen LogP contribution in [0.3, 0.4) is 0 Å². The maximum atomic E-state index is 12.5. The Bertz CT molecular complexity index is 857. The molecular weight excluding hydrogens is 392 g/mol. The lowest BCUT2D eigenvalue weighted by Gasteiger charge is -2.34. The summed E-state index contributed by atoms with van der Waals surface area (Å²) in [7, 11) is 0. The molecule has 5 rings (SSSR count). The van der Waals surface area contributed by atoms with Crippen LogP contribution in [0.1, 0.15) is 31.2 Å². The van der Waals surface area contributed by atoms with Gasteiger partial charge in [0.15, 0.2) is 6.61 Å². The molecule has 0 bridgehead atoms. The molecule has 0 radical (unpaired) electrons. The lowest BCUT2D eigenvalue weighted by Crippen LogP contribution is -2.48. The third kappa shape index (κ3) is 4.44. The van der Waals surface area contributed by atoms with Crippen molar-refractivity contribution >= 4 is 5.91 Å². The van der Waals surface area contributed by atoms with Crippen molar-refractivity contribution in [3.8, 4) is 5.75 Å². The van der Waals surface area contributed by atoms with Crippen LogP contribution in [0.15, 0.2) is 48.1 Å². The van der Waals surface area contributed by atoms with Gasteiger partial charge in [0.05, 0.1) is 24.1 Å². The van der Waals surface area contributed by atoms with Crippen molar-refractivity contribution in [2.75, 3.05) is 39.5 Å². The monoisotopic (exact) mass is 424 g/mol. The lowest BCUT2D eigenvalue weighted by atomic mass is 10.1. The maximum Gasteiger partial charge on any atom is 0.260 e. The Morgan fingerprint density at radius 3 is 2.77 bits per heavy atom. The fraction of sp³-hybridized carbons (Fsp3) is 0.522. The highest BCUT2D eigenvalue weighted by Crippen LogP contribution is 2.31. The third-order valence-corrected chi connectivity index (χ3v) is 6.52. The van der Waals surface area contributed by atoms with Gasteiger partial charge in [-0.05, 0) is 18.9 Å². The van der Waals surface area contributed by atoms with Crippen molar-refractivity contribution in [2.45, 2.75) is 38.3 Å². The zero-order valence-corrected chi connectivity index (χ0v) is 18.0. The number of piperazine rings is 1. The summed E-state index contributed by atoms with van der Waals surface area (Å²) >= 11 is 0. The third-order valence-electron chi connectivity index (χ3n) is 6.52. The minimum absolute atomic E-state index is 0.0528. The van der Waals surface area contributed by atoms with E-state index in [0.717, 1.165) is 56.4 Å². The van der Waals surface area contributed by atoms with E-state index in [9.17, 15) is 4.79 Å². The van der Waals surface area contributed by atoms with E-state index in [2.05, 4.69) is 44.4 Å². The van der Waals surface area contributed by atoms with Crippen LogP contribution in [-0.4, -0.2) is 66.2 Å². The summed E-state index contributed by atoms with van der Waals surface area (Å²) in [4.78, 5) is 16.6. The first-order chi connectivity index (χ1) is 15.3. The molecular formula is C23H32N6O2. The van der Waals surface area contributed by atoms with Crippen LogP contribution in [0.2, 0.25) is 0 Å². The molecule has 1 aliphatic carbocycles. The number of para-hydroxylation sites is 1. The zero-order chi connectivity index (χ0) is 21.0. The fourth-order valence-electron chi connectivity index (χ4n) is 4.79. The average Bonchev–Trinajstić information content (AvgIpc) is 3.48. The van der Waals surface area contributed by atoms with Crippen molar-refractivity contribution in [1.82, 2.24) is 30.9 Å². The fourth-order valence-corrected chi connectivity index (χ4v) is 4.79. The topological polar surface area (TPSA) is 72.1 Å². The van der Waals surface area contributed by atoms with E-state index in [1.54, 1.807) is 0 Å². The van der Waals surface area contributed by atoms with Gasteiger partial charge in [0.1, 0.15) is 5.75 Å². The van der Waals surface area contributed by atoms with Gasteiger partial charge in [-0.3, -0.25) is 9.80 Å². The van der Waals surface area contributed by atoms with Crippen LogP contribution in [0.25, 0.3) is 0 Å². The number of hydrogen-bond donors (Lipinski definition) is 3. The second-order valence-electron chi connectivity index (χ2n) is 8.62. The summed E-state index contributed by atoms with van der Waals surface area (Å²) in [6, 6.07) is 8.59. The molecule has 0 atom stereocenters. The second kappa shape index (κ2) is 9.09. The first kappa shape index (κ1) is 20.1. The predicted molar refractivity (Wildman–Crippen MR) is 118 cm³/mol. The molecule has 0 aromatic heterocycles. The minimum Gasteiger partial charge on any atom is -0.483 e. The summed E-state index contributed by atoms with van der Waals surface area (Å²) in [5.41, 5.74) is 6.90. The number of nitrogens with one attached hydrogen (secondary N) is 3. The summed E-state index contributed by atoms with van der Waals surface area (Å²) in [5, 5.41) is 9.11. The average molecular weight is 425 g/mol. The van der Waals surface area contributed by atoms with Crippen molar-refractivity contribution in [3.05, 3.63) is 53.6 Å². The Balaban J connectivity index is 1.24. The number of benzene rings is 1. The molecule has 1 aromatic rings. The Morgan fingerprint density at radius 2 is 1.94 bits per heavy atom. The number of nitrogens with zero attached hydrogens (tertiary/aromatic N) is 3. The molecule has 1 aromatic carbocycles. The quantitative estimate of drug-likeness (QED) is 0.636. The maximum absolute atomic E-state index is 12.5. The molecule has 8 nitrogen and oxygen atoms in total. The van der Waals surface area contributed by atoms with E-state index in [1.165, 1.54) is 31.4 Å². The first-order valence-corrected chi connectivity index (χ1v) is 11.4. The molecule has 4 aliphatic rings. The highest BCUT2D eigenvalue weighted by molar-refractivity contribution is 5.78. The van der Waals surface area contributed by atoms with Crippen molar-refractivity contribution in [3.63, 3.8) is 0 Å². The highest BCUT2D eigenvalue weighted by atomic mass is 16.5. The van der Waals surface area contributed by atoms with E-state index >= 15 is 0 Å². The Hall–Kier alpha value is -2.87. The molecule has 0 spiro atoms. The number of hydrazine groups is 1. The lowest BCUT2D eigenvalue weighted by molar-refractivity contribution is -0.133. The Morgan fingerprint density at radius 1 is 1.13 bits per heavy atom. The predicted octanol–water partition coefficient (Wildman–Crippen LogP) is 1.31. The van der Waals surface area contributed by atoms with E-state index in [1.807, 2.05) is 23.1 Å². The Labute approximate surface area is 183 Å². The summed E-state index contributed by atoms with van der Waals surface area (Å²) in [6.45, 7) is 4.74. The van der Waals surface area contributed by atoms with Crippen molar-refractivity contribution in [1.29, 1.82) is 0 Å². The molecule has 3 N–H and O–H groups in total. The van der Waals surface area contributed by atoms with Gasteiger partial charge < -0.3 is 30.6 Å².